The molecule has 4 aromatic rings. The average Bonchev–Trinajstić information content (AvgIpc) is 3.02. The van der Waals surface area contributed by atoms with Crippen molar-refractivity contribution in [2.24, 2.45) is 0 Å². The van der Waals surface area contributed by atoms with Crippen LogP contribution in [0.4, 0.5) is 0 Å². The van der Waals surface area contributed by atoms with Gasteiger partial charge >= 0.3 is 272 Å². The van der Waals surface area contributed by atoms with Crippen molar-refractivity contribution in [3.63, 3.8) is 0 Å². The summed E-state index contributed by atoms with van der Waals surface area (Å²) in [4.78, 5) is 13.5. The summed E-state index contributed by atoms with van der Waals surface area (Å²) in [5, 5.41) is 3.59. The number of benzene rings is 4. The summed E-state index contributed by atoms with van der Waals surface area (Å²) >= 11 is -0.221. The van der Waals surface area contributed by atoms with Crippen molar-refractivity contribution >= 4 is 56.4 Å². The first kappa shape index (κ1) is 33.8. The van der Waals surface area contributed by atoms with Crippen molar-refractivity contribution in [1.82, 2.24) is 0 Å². The van der Waals surface area contributed by atoms with Gasteiger partial charge in [-0.1, -0.05) is 0 Å². The van der Waals surface area contributed by atoms with E-state index in [0.29, 0.717) is 0 Å². The Bertz CT molecular complexity index is 1440. The number of methoxy groups -OCH3 is 2. The first-order valence-corrected chi connectivity index (χ1v) is 22.6. The molecule has 0 fully saturated rings. The van der Waals surface area contributed by atoms with Crippen molar-refractivity contribution in [3.8, 4) is 11.5 Å². The number of ether oxygens (including phenoxy) is 3. The molecule has 0 amide bonds. The van der Waals surface area contributed by atoms with Gasteiger partial charge in [-0.25, -0.2) is 0 Å². The summed E-state index contributed by atoms with van der Waals surface area (Å²) in [6, 6.07) is 37.7. The molecule has 0 saturated heterocycles. The molecule has 0 aliphatic carbocycles. The Labute approximate surface area is 271 Å². The zero-order valence-electron chi connectivity index (χ0n) is 27.0. The van der Waals surface area contributed by atoms with Gasteiger partial charge in [-0.05, 0) is 0 Å². The van der Waals surface area contributed by atoms with Crippen LogP contribution in [0.1, 0.15) is 27.7 Å². The van der Waals surface area contributed by atoms with Gasteiger partial charge in [-0.15, -0.1) is 0 Å². The van der Waals surface area contributed by atoms with E-state index in [9.17, 15) is 4.79 Å². The first-order chi connectivity index (χ1) is 20.9. The molecule has 0 heterocycles. The van der Waals surface area contributed by atoms with Gasteiger partial charge in [-0.3, -0.25) is 0 Å². The van der Waals surface area contributed by atoms with E-state index in [2.05, 4.69) is 86.7 Å². The molecule has 0 bridgehead atoms. The van der Waals surface area contributed by atoms with Crippen LogP contribution in [-0.2, 0) is 14.0 Å². The second-order valence-electron chi connectivity index (χ2n) is 12.3. The second kappa shape index (κ2) is 14.3. The van der Waals surface area contributed by atoms with Crippen LogP contribution in [0.3, 0.4) is 0 Å². The normalized spacial score (nSPS) is 13.5. The summed E-state index contributed by atoms with van der Waals surface area (Å²) in [7, 11) is -2.23. The molecule has 5 nitrogen and oxygen atoms in total. The Kier molecular flexibility index (Phi) is 11.0. The molecule has 0 saturated carbocycles. The summed E-state index contributed by atoms with van der Waals surface area (Å²) in [5.41, 5.74) is -0.611. The van der Waals surface area contributed by atoms with Crippen molar-refractivity contribution in [2.45, 2.75) is 57.3 Å². The zero-order chi connectivity index (χ0) is 32.0. The fraction of sp³-hybridized carbons (Fsp3) is 0.306. The number of hydrogen-bond donors (Lipinski definition) is 0. The molecule has 4 aromatic carbocycles. The Morgan fingerprint density at radius 1 is 0.682 bits per heavy atom. The van der Waals surface area contributed by atoms with E-state index in [1.54, 1.807) is 14.2 Å². The summed E-state index contributed by atoms with van der Waals surface area (Å²) in [5.74, 6) is 1.36. The zero-order valence-corrected chi connectivity index (χ0v) is 30.7. The Hall–Kier alpha value is -3.14. The summed E-state index contributed by atoms with van der Waals surface area (Å²) in [6.45, 7) is 12.6. The van der Waals surface area contributed by atoms with Crippen LogP contribution >= 0.6 is 0 Å². The fourth-order valence-corrected chi connectivity index (χ4v) is 22.1. The molecule has 4 rings (SSSR count). The van der Waals surface area contributed by atoms with E-state index in [1.807, 2.05) is 63.2 Å². The van der Waals surface area contributed by atoms with Crippen LogP contribution in [0.25, 0.3) is 0 Å². The molecule has 0 aliphatic heterocycles. The molecule has 0 aromatic heterocycles. The molecular formula is C36H44O5SeSi2. The number of carbonyl (C=O) groups excluding carboxylic acids is 1. The number of esters is 1. The molecule has 0 aliphatic rings. The number of rotatable bonds is 12. The fourth-order valence-electron chi connectivity index (χ4n) is 5.56. The van der Waals surface area contributed by atoms with E-state index in [-0.39, 0.29) is 20.9 Å². The van der Waals surface area contributed by atoms with Crippen molar-refractivity contribution in [1.29, 1.82) is 0 Å². The number of carbonyl (C=O) groups is 1. The minimum atomic E-state index is -3.11. The third kappa shape index (κ3) is 7.56. The topological polar surface area (TPSA) is 54.0 Å². The molecule has 232 valence electrons. The van der Waals surface area contributed by atoms with Crippen molar-refractivity contribution < 1.29 is 23.4 Å². The second-order valence-corrected chi connectivity index (χ2v) is 27.3. The van der Waals surface area contributed by atoms with Gasteiger partial charge in [0, 0.05) is 0 Å². The van der Waals surface area contributed by atoms with Crippen LogP contribution < -0.4 is 29.5 Å². The average molecular weight is 692 g/mol. The SMILES string of the molecule is COc1ccc([Si](OC(C)C([Se]c2ccccc2)C(=O)OC(C)(C)C)(c2ccc(OC)cc2)[Si](C)(C)c2ccccc2)cc1. The third-order valence-electron chi connectivity index (χ3n) is 7.80. The standard InChI is InChI=1S/C36H44O5SeSi2/c1-27(34(35(37)40-36(2,3)4)42-30-15-11-9-12-16-30)41-44(32-23-19-28(38-5)20-24-32,33-25-21-29(39-6)22-26-33)43(7,8)31-17-13-10-14-18-31/h9-27,34H,1-8H3. The van der Waals surface area contributed by atoms with E-state index < -0.39 is 31.9 Å². The van der Waals surface area contributed by atoms with Crippen LogP contribution in [0.2, 0.25) is 17.9 Å². The third-order valence-corrected chi connectivity index (χ3v) is 25.5. The van der Waals surface area contributed by atoms with Gasteiger partial charge in [0.15, 0.2) is 0 Å². The molecule has 0 spiro atoms. The quantitative estimate of drug-likeness (QED) is 0.154. The van der Waals surface area contributed by atoms with Crippen LogP contribution in [0.5, 0.6) is 11.5 Å². The maximum atomic E-state index is 14.0. The van der Waals surface area contributed by atoms with Gasteiger partial charge in [0.25, 0.3) is 0 Å². The van der Waals surface area contributed by atoms with Gasteiger partial charge in [0.2, 0.25) is 0 Å². The molecule has 8 heteroatoms. The van der Waals surface area contributed by atoms with Gasteiger partial charge in [-0.2, -0.15) is 0 Å². The van der Waals surface area contributed by atoms with Gasteiger partial charge < -0.3 is 0 Å². The molecule has 44 heavy (non-hydrogen) atoms. The predicted octanol–water partition coefficient (Wildman–Crippen LogP) is 5.02. The first-order valence-electron chi connectivity index (χ1n) is 14.9. The van der Waals surface area contributed by atoms with Crippen molar-refractivity contribution in [3.05, 3.63) is 109 Å². The van der Waals surface area contributed by atoms with E-state index in [0.717, 1.165) is 26.3 Å². The summed E-state index contributed by atoms with van der Waals surface area (Å²) in [6.07, 6.45) is -0.420. The number of hydrogen-bond acceptors (Lipinski definition) is 5. The Balaban J connectivity index is 1.95. The van der Waals surface area contributed by atoms with Crippen LogP contribution in [-0.4, -0.2) is 62.3 Å². The molecular weight excluding hydrogens is 648 g/mol. The molecule has 2 unspecified atom stereocenters. The van der Waals surface area contributed by atoms with Crippen molar-refractivity contribution in [2.75, 3.05) is 14.2 Å². The maximum absolute atomic E-state index is 14.0. The van der Waals surface area contributed by atoms with E-state index in [1.165, 1.54) is 5.19 Å². The van der Waals surface area contributed by atoms with Crippen LogP contribution in [0, 0.1) is 0 Å². The molecule has 0 N–H and O–H groups in total. The monoisotopic (exact) mass is 692 g/mol. The van der Waals surface area contributed by atoms with Crippen LogP contribution in [0.15, 0.2) is 109 Å². The summed E-state index contributed by atoms with van der Waals surface area (Å²) < 4.78 is 26.0. The molecule has 0 radical (unpaired) electrons. The van der Waals surface area contributed by atoms with E-state index >= 15 is 0 Å². The predicted molar refractivity (Wildman–Crippen MR) is 187 cm³/mol. The Morgan fingerprint density at radius 3 is 1.57 bits per heavy atom. The van der Waals surface area contributed by atoms with E-state index in [4.69, 9.17) is 18.6 Å². The van der Waals surface area contributed by atoms with Gasteiger partial charge in [0.05, 0.1) is 0 Å². The molecule has 2 atom stereocenters. The minimum absolute atomic E-state index is 0.221. The van der Waals surface area contributed by atoms with Gasteiger partial charge in [0.1, 0.15) is 0 Å². The Morgan fingerprint density at radius 2 is 1.14 bits per heavy atom.